The number of H-pyrrole nitrogens is 1. The van der Waals surface area contributed by atoms with Crippen LogP contribution in [0.15, 0.2) is 48.8 Å². The van der Waals surface area contributed by atoms with Crippen LogP contribution in [0.4, 0.5) is 5.82 Å². The van der Waals surface area contributed by atoms with Gasteiger partial charge in [0, 0.05) is 55.6 Å². The van der Waals surface area contributed by atoms with E-state index < -0.39 is 23.6 Å². The summed E-state index contributed by atoms with van der Waals surface area (Å²) >= 11 is 0. The van der Waals surface area contributed by atoms with Gasteiger partial charge >= 0.3 is 0 Å². The molecule has 3 aromatic rings. The number of hydrogen-bond donors (Lipinski definition) is 6. The Morgan fingerprint density at radius 2 is 1.84 bits per heavy atom. The minimum atomic E-state index is -1.70. The van der Waals surface area contributed by atoms with Gasteiger partial charge in [-0.1, -0.05) is 19.4 Å². The third kappa shape index (κ3) is 9.38. The Balaban J connectivity index is 1.82. The number of nitrogen functional groups attached to an aromatic ring is 1. The smallest absolute Gasteiger partial charge is 0.170 e. The molecule has 4 atom stereocenters. The number of rotatable bonds is 19. The summed E-state index contributed by atoms with van der Waals surface area (Å²) in [6, 6.07) is 10.7. The molecule has 0 saturated carbocycles. The molecule has 1 aromatic carbocycles. The fourth-order valence-corrected chi connectivity index (χ4v) is 5.68. The number of aromatic hydroxyl groups is 1. The third-order valence-electron chi connectivity index (χ3n) is 7.99. The number of benzene rings is 1. The maximum Gasteiger partial charge on any atom is 0.170 e. The zero-order chi connectivity index (χ0) is 31.4. The van der Waals surface area contributed by atoms with E-state index in [1.165, 1.54) is 7.11 Å². The molecule has 7 N–H and O–H groups in total. The number of aromatic amines is 1. The highest BCUT2D eigenvalue weighted by Crippen LogP contribution is 2.43. The first-order valence-corrected chi connectivity index (χ1v) is 14.9. The number of pyridine rings is 1. The van der Waals surface area contributed by atoms with Crippen LogP contribution >= 0.6 is 0 Å². The van der Waals surface area contributed by atoms with Crippen LogP contribution in [0, 0.1) is 11.8 Å². The first-order chi connectivity index (χ1) is 20.7. The highest BCUT2D eigenvalue weighted by atomic mass is 16.5. The SMILES string of the molecule is CCC[C@H](CO)CCCC(=O)[C@H](O)C(=O)CCc1cc(OC)c(O)c([C@@H](c2ccnc(N)c2)[C@H](CO)Cc2ccc[nH]2)c1. The Morgan fingerprint density at radius 3 is 2.47 bits per heavy atom. The van der Waals surface area contributed by atoms with Crippen LogP contribution in [0.25, 0.3) is 0 Å². The Kier molecular flexibility index (Phi) is 13.2. The van der Waals surface area contributed by atoms with Crippen molar-refractivity contribution in [3.05, 3.63) is 71.2 Å². The van der Waals surface area contributed by atoms with Crippen molar-refractivity contribution < 1.29 is 34.8 Å². The molecule has 10 heteroatoms. The lowest BCUT2D eigenvalue weighted by Gasteiger charge is -2.28. The van der Waals surface area contributed by atoms with Crippen LogP contribution in [0.1, 0.15) is 73.8 Å². The minimum Gasteiger partial charge on any atom is -0.504 e. The molecule has 0 aliphatic rings. The molecule has 0 unspecified atom stereocenters. The largest absolute Gasteiger partial charge is 0.504 e. The zero-order valence-electron chi connectivity index (χ0n) is 25.0. The Hall–Kier alpha value is -3.73. The number of phenolic OH excluding ortho intramolecular Hbond substituents is 1. The monoisotopic (exact) mass is 595 g/mol. The quantitative estimate of drug-likeness (QED) is 0.113. The van der Waals surface area contributed by atoms with Crippen molar-refractivity contribution >= 4 is 17.4 Å². The number of aliphatic hydroxyl groups is 3. The van der Waals surface area contributed by atoms with Crippen molar-refractivity contribution in [3.8, 4) is 11.5 Å². The highest BCUT2D eigenvalue weighted by molar-refractivity contribution is 6.05. The van der Waals surface area contributed by atoms with E-state index in [2.05, 4.69) is 9.97 Å². The molecule has 0 bridgehead atoms. The zero-order valence-corrected chi connectivity index (χ0v) is 25.0. The van der Waals surface area contributed by atoms with Gasteiger partial charge in [-0.3, -0.25) is 9.59 Å². The molecule has 0 amide bonds. The molecular formula is C33H45N3O7. The minimum absolute atomic E-state index is 0.0575. The highest BCUT2D eigenvalue weighted by Gasteiger charge is 2.30. The second kappa shape index (κ2) is 16.8. The molecule has 0 saturated heterocycles. The molecule has 2 aromatic heterocycles. The fraction of sp³-hybridized carbons (Fsp3) is 0.485. The Labute approximate surface area is 252 Å². The number of ether oxygens (including phenoxy) is 1. The maximum atomic E-state index is 12.8. The second-order valence-electron chi connectivity index (χ2n) is 11.1. The number of phenols is 1. The third-order valence-corrected chi connectivity index (χ3v) is 7.99. The summed E-state index contributed by atoms with van der Waals surface area (Å²) in [4.78, 5) is 32.6. The predicted molar refractivity (Wildman–Crippen MR) is 164 cm³/mol. The summed E-state index contributed by atoms with van der Waals surface area (Å²) in [5.41, 5.74) is 8.81. The average molecular weight is 596 g/mol. The van der Waals surface area contributed by atoms with Crippen molar-refractivity contribution in [2.24, 2.45) is 11.8 Å². The topological polar surface area (TPSA) is 179 Å². The van der Waals surface area contributed by atoms with Gasteiger partial charge in [-0.25, -0.2) is 4.98 Å². The number of ketones is 2. The maximum absolute atomic E-state index is 12.8. The average Bonchev–Trinajstić information content (AvgIpc) is 3.52. The summed E-state index contributed by atoms with van der Waals surface area (Å²) in [5.74, 6) is -1.46. The number of carbonyl (C=O) groups excluding carboxylic acids is 2. The van der Waals surface area contributed by atoms with Gasteiger partial charge in [0.15, 0.2) is 29.2 Å². The lowest BCUT2D eigenvalue weighted by atomic mass is 9.78. The van der Waals surface area contributed by atoms with E-state index in [0.29, 0.717) is 36.2 Å². The van der Waals surface area contributed by atoms with Crippen molar-refractivity contribution in [2.45, 2.75) is 70.3 Å². The van der Waals surface area contributed by atoms with Gasteiger partial charge < -0.3 is 35.9 Å². The molecule has 2 heterocycles. The van der Waals surface area contributed by atoms with Crippen molar-refractivity contribution in [3.63, 3.8) is 0 Å². The van der Waals surface area contributed by atoms with E-state index in [4.69, 9.17) is 10.5 Å². The molecule has 0 fully saturated rings. The molecule has 0 aliphatic carbocycles. The van der Waals surface area contributed by atoms with Gasteiger partial charge in [0.05, 0.1) is 7.11 Å². The molecule has 234 valence electrons. The number of methoxy groups -OCH3 is 1. The van der Waals surface area contributed by atoms with Crippen LogP contribution in [-0.4, -0.2) is 68.4 Å². The Bertz CT molecular complexity index is 1310. The van der Waals surface area contributed by atoms with Crippen LogP contribution in [0.2, 0.25) is 0 Å². The van der Waals surface area contributed by atoms with Crippen molar-refractivity contribution in [1.82, 2.24) is 9.97 Å². The van der Waals surface area contributed by atoms with Crippen LogP contribution < -0.4 is 10.5 Å². The van der Waals surface area contributed by atoms with Gasteiger partial charge in [0.2, 0.25) is 0 Å². The van der Waals surface area contributed by atoms with Crippen LogP contribution in [-0.2, 0) is 22.4 Å². The number of nitrogens with one attached hydrogen (secondary N) is 1. The molecule has 10 nitrogen and oxygen atoms in total. The number of aryl methyl sites for hydroxylation is 1. The lowest BCUT2D eigenvalue weighted by Crippen LogP contribution is -2.30. The number of carbonyl (C=O) groups is 2. The van der Waals surface area contributed by atoms with E-state index in [9.17, 15) is 30.0 Å². The van der Waals surface area contributed by atoms with Gasteiger partial charge in [0.1, 0.15) is 5.82 Å². The number of aromatic nitrogens is 2. The predicted octanol–water partition coefficient (Wildman–Crippen LogP) is 3.70. The number of anilines is 1. The summed E-state index contributed by atoms with van der Waals surface area (Å²) in [6.45, 7) is 1.90. The normalized spacial score (nSPS) is 14.2. The number of hydrogen-bond acceptors (Lipinski definition) is 9. The van der Waals surface area contributed by atoms with Gasteiger partial charge in [-0.05, 0) is 85.4 Å². The Morgan fingerprint density at radius 1 is 1.07 bits per heavy atom. The van der Waals surface area contributed by atoms with E-state index in [1.807, 2.05) is 19.1 Å². The summed E-state index contributed by atoms with van der Waals surface area (Å²) < 4.78 is 5.48. The van der Waals surface area contributed by atoms with E-state index in [-0.39, 0.29) is 55.8 Å². The van der Waals surface area contributed by atoms with Crippen molar-refractivity contribution in [1.29, 1.82) is 0 Å². The van der Waals surface area contributed by atoms with Gasteiger partial charge in [0.25, 0.3) is 0 Å². The van der Waals surface area contributed by atoms with E-state index in [1.54, 1.807) is 36.7 Å². The number of Topliss-reactive ketones (excluding diaryl/α,β-unsaturated/α-hetero) is 2. The molecule has 0 spiro atoms. The second-order valence-corrected chi connectivity index (χ2v) is 11.1. The van der Waals surface area contributed by atoms with E-state index >= 15 is 0 Å². The van der Waals surface area contributed by atoms with Gasteiger partial charge in [-0.15, -0.1) is 0 Å². The standard InChI is InChI=1S/C33H45N3O7/c1-3-6-21(19-37)7-4-9-27(39)33(42)28(40)11-10-22-15-26(32(41)29(16-22)43-2)31(23-12-14-36-30(34)18-23)24(20-38)17-25-8-5-13-35-25/h5,8,12-16,18,21,24,31,33,35,37-38,41-42H,3-4,6-7,9-11,17,19-20H2,1-2H3,(H2,34,36)/t21-,24-,31-,33-/m0/s1. The van der Waals surface area contributed by atoms with Crippen LogP contribution in [0.3, 0.4) is 0 Å². The number of nitrogens with zero attached hydrogens (tertiary/aromatic N) is 1. The molecule has 43 heavy (non-hydrogen) atoms. The number of nitrogens with two attached hydrogens (primary N) is 1. The fourth-order valence-electron chi connectivity index (χ4n) is 5.68. The molecule has 0 aliphatic heterocycles. The molecular weight excluding hydrogens is 550 g/mol. The molecule has 0 radical (unpaired) electrons. The molecule has 3 rings (SSSR count). The first-order valence-electron chi connectivity index (χ1n) is 14.9. The van der Waals surface area contributed by atoms with Crippen LogP contribution in [0.5, 0.6) is 11.5 Å². The van der Waals surface area contributed by atoms with Crippen molar-refractivity contribution in [2.75, 3.05) is 26.1 Å². The van der Waals surface area contributed by atoms with Gasteiger partial charge in [-0.2, -0.15) is 0 Å². The van der Waals surface area contributed by atoms with E-state index in [0.717, 1.165) is 24.1 Å². The lowest BCUT2D eigenvalue weighted by molar-refractivity contribution is -0.138. The summed E-state index contributed by atoms with van der Waals surface area (Å²) in [6.07, 6.45) is 5.30. The first kappa shape index (κ1) is 33.8. The summed E-state index contributed by atoms with van der Waals surface area (Å²) in [5, 5.41) is 41.6. The summed E-state index contributed by atoms with van der Waals surface area (Å²) in [7, 11) is 1.43. The number of aliphatic hydroxyl groups excluding tert-OH is 3.